The number of hydrogen-bond donors (Lipinski definition) is 2. The van der Waals surface area contributed by atoms with Crippen LogP contribution in [0.2, 0.25) is 0 Å². The van der Waals surface area contributed by atoms with E-state index in [1.807, 2.05) is 23.2 Å². The van der Waals surface area contributed by atoms with Gasteiger partial charge in [-0.25, -0.2) is 0 Å². The van der Waals surface area contributed by atoms with Gasteiger partial charge in [0, 0.05) is 42.2 Å². The molecule has 2 amide bonds. The fourth-order valence-electron chi connectivity index (χ4n) is 3.79. The number of benzene rings is 1. The second-order valence-electron chi connectivity index (χ2n) is 7.32. The lowest BCUT2D eigenvalue weighted by Crippen LogP contribution is -2.59. The van der Waals surface area contributed by atoms with Crippen LogP contribution in [-0.4, -0.2) is 66.6 Å². The van der Waals surface area contributed by atoms with Gasteiger partial charge in [0.1, 0.15) is 0 Å². The molecule has 1 aromatic heterocycles. The van der Waals surface area contributed by atoms with Crippen LogP contribution in [0, 0.1) is 0 Å². The van der Waals surface area contributed by atoms with Crippen LogP contribution < -0.4 is 10.6 Å². The molecule has 3 heterocycles. The third-order valence-electron chi connectivity index (χ3n) is 5.49. The van der Waals surface area contributed by atoms with Gasteiger partial charge in [0.05, 0.1) is 18.1 Å². The molecular weight excluding hydrogens is 406 g/mol. The second-order valence-corrected chi connectivity index (χ2v) is 9.37. The SMILES string of the molecule is O=C(NCC1(N2CCOCC2)CCSC1)c1ccc(NC(=O)c2cccs2)cc1. The molecule has 2 fully saturated rings. The first-order chi connectivity index (χ1) is 14.2. The number of thiophene rings is 1. The van der Waals surface area contributed by atoms with E-state index in [2.05, 4.69) is 15.5 Å². The molecule has 0 saturated carbocycles. The van der Waals surface area contributed by atoms with Gasteiger partial charge in [-0.3, -0.25) is 14.5 Å². The number of amides is 2. The first-order valence-electron chi connectivity index (χ1n) is 9.80. The number of carbonyl (C=O) groups is 2. The minimum atomic E-state index is -0.136. The smallest absolute Gasteiger partial charge is 0.265 e. The van der Waals surface area contributed by atoms with Crippen LogP contribution in [0.15, 0.2) is 41.8 Å². The van der Waals surface area contributed by atoms with Crippen LogP contribution >= 0.6 is 23.1 Å². The van der Waals surface area contributed by atoms with Crippen molar-refractivity contribution >= 4 is 40.6 Å². The van der Waals surface area contributed by atoms with Gasteiger partial charge in [0.25, 0.3) is 11.8 Å². The van der Waals surface area contributed by atoms with Crippen molar-refractivity contribution in [3.63, 3.8) is 0 Å². The quantitative estimate of drug-likeness (QED) is 0.736. The molecule has 0 bridgehead atoms. The Bertz CT molecular complexity index is 827. The van der Waals surface area contributed by atoms with Crippen LogP contribution in [0.5, 0.6) is 0 Å². The molecule has 2 saturated heterocycles. The molecule has 1 aromatic carbocycles. The minimum Gasteiger partial charge on any atom is -0.379 e. The van der Waals surface area contributed by atoms with E-state index in [4.69, 9.17) is 4.74 Å². The molecule has 4 rings (SSSR count). The van der Waals surface area contributed by atoms with Gasteiger partial charge in [0.15, 0.2) is 0 Å². The van der Waals surface area contributed by atoms with Gasteiger partial charge < -0.3 is 15.4 Å². The summed E-state index contributed by atoms with van der Waals surface area (Å²) >= 11 is 3.35. The number of morpholine rings is 1. The molecule has 2 N–H and O–H groups in total. The number of nitrogens with one attached hydrogen (secondary N) is 2. The van der Waals surface area contributed by atoms with E-state index >= 15 is 0 Å². The van der Waals surface area contributed by atoms with E-state index in [1.165, 1.54) is 11.3 Å². The van der Waals surface area contributed by atoms with Crippen LogP contribution in [0.25, 0.3) is 0 Å². The molecule has 154 valence electrons. The van der Waals surface area contributed by atoms with Crippen molar-refractivity contribution in [2.24, 2.45) is 0 Å². The summed E-state index contributed by atoms with van der Waals surface area (Å²) in [5.41, 5.74) is 1.30. The number of anilines is 1. The molecule has 0 spiro atoms. The Kier molecular flexibility index (Phi) is 6.54. The Morgan fingerprint density at radius 3 is 2.55 bits per heavy atom. The first-order valence-corrected chi connectivity index (χ1v) is 11.8. The topological polar surface area (TPSA) is 70.7 Å². The molecule has 2 aromatic rings. The second kappa shape index (κ2) is 9.30. The molecule has 1 unspecified atom stereocenters. The molecule has 2 aliphatic rings. The maximum Gasteiger partial charge on any atom is 0.265 e. The highest BCUT2D eigenvalue weighted by molar-refractivity contribution is 7.99. The molecule has 0 aliphatic carbocycles. The Labute approximate surface area is 179 Å². The van der Waals surface area contributed by atoms with Gasteiger partial charge in [-0.05, 0) is 47.9 Å². The van der Waals surface area contributed by atoms with Crippen LogP contribution in [-0.2, 0) is 4.74 Å². The molecule has 0 radical (unpaired) electrons. The van der Waals surface area contributed by atoms with Crippen molar-refractivity contribution in [1.82, 2.24) is 10.2 Å². The third-order valence-corrected chi connectivity index (χ3v) is 7.60. The van der Waals surface area contributed by atoms with E-state index in [-0.39, 0.29) is 17.4 Å². The van der Waals surface area contributed by atoms with Crippen LogP contribution in [0.1, 0.15) is 26.5 Å². The molecule has 29 heavy (non-hydrogen) atoms. The van der Waals surface area contributed by atoms with Crippen LogP contribution in [0.3, 0.4) is 0 Å². The van der Waals surface area contributed by atoms with Crippen LogP contribution in [0.4, 0.5) is 5.69 Å². The number of carbonyl (C=O) groups excluding carboxylic acids is 2. The standard InChI is InChI=1S/C21H25N3O3S2/c25-19(22-14-21(7-13-28-15-21)24-8-10-27-11-9-24)16-3-5-17(6-4-16)23-20(26)18-2-1-12-29-18/h1-6,12H,7-11,13-15H2,(H,22,25)(H,23,26). The summed E-state index contributed by atoms with van der Waals surface area (Å²) in [5.74, 6) is 1.96. The molecule has 6 nitrogen and oxygen atoms in total. The lowest BCUT2D eigenvalue weighted by Gasteiger charge is -2.43. The molecule has 2 aliphatic heterocycles. The number of rotatable bonds is 6. The van der Waals surface area contributed by atoms with Gasteiger partial charge in [-0.1, -0.05) is 6.07 Å². The highest BCUT2D eigenvalue weighted by Crippen LogP contribution is 2.33. The normalized spacial score (nSPS) is 22.3. The third kappa shape index (κ3) is 4.83. The fraction of sp³-hybridized carbons (Fsp3) is 0.429. The number of ether oxygens (including phenoxy) is 1. The van der Waals surface area contributed by atoms with Crippen molar-refractivity contribution < 1.29 is 14.3 Å². The lowest BCUT2D eigenvalue weighted by atomic mass is 9.95. The number of hydrogen-bond acceptors (Lipinski definition) is 6. The summed E-state index contributed by atoms with van der Waals surface area (Å²) in [6.45, 7) is 4.03. The highest BCUT2D eigenvalue weighted by atomic mass is 32.2. The summed E-state index contributed by atoms with van der Waals surface area (Å²) in [6.07, 6.45) is 1.09. The van der Waals surface area contributed by atoms with Crippen molar-refractivity contribution in [2.45, 2.75) is 12.0 Å². The van der Waals surface area contributed by atoms with Gasteiger partial charge >= 0.3 is 0 Å². The van der Waals surface area contributed by atoms with Gasteiger partial charge in [-0.2, -0.15) is 11.8 Å². The van der Waals surface area contributed by atoms with E-state index < -0.39 is 0 Å². The predicted molar refractivity (Wildman–Crippen MR) is 118 cm³/mol. The van der Waals surface area contributed by atoms with Gasteiger partial charge in [0.2, 0.25) is 0 Å². The molecular formula is C21H25N3O3S2. The summed E-state index contributed by atoms with van der Waals surface area (Å²) in [4.78, 5) is 28.0. The van der Waals surface area contributed by atoms with Crippen molar-refractivity contribution in [1.29, 1.82) is 0 Å². The van der Waals surface area contributed by atoms with E-state index in [9.17, 15) is 9.59 Å². The zero-order valence-electron chi connectivity index (χ0n) is 16.2. The summed E-state index contributed by atoms with van der Waals surface area (Å²) in [7, 11) is 0. The fourth-order valence-corrected chi connectivity index (χ4v) is 5.88. The Balaban J connectivity index is 1.35. The highest BCUT2D eigenvalue weighted by Gasteiger charge is 2.40. The average Bonchev–Trinajstić information content (AvgIpc) is 3.46. The summed E-state index contributed by atoms with van der Waals surface area (Å²) in [5, 5.41) is 7.87. The average molecular weight is 432 g/mol. The number of thioether (sulfide) groups is 1. The van der Waals surface area contributed by atoms with E-state index in [0.717, 1.165) is 44.2 Å². The maximum absolute atomic E-state index is 12.7. The molecule has 8 heteroatoms. The molecule has 1 atom stereocenters. The zero-order chi connectivity index (χ0) is 20.1. The Morgan fingerprint density at radius 1 is 1.10 bits per heavy atom. The van der Waals surface area contributed by atoms with Crippen molar-refractivity contribution in [3.05, 3.63) is 52.2 Å². The lowest BCUT2D eigenvalue weighted by molar-refractivity contribution is -0.0129. The minimum absolute atomic E-state index is 0.0265. The Hall–Kier alpha value is -1.87. The van der Waals surface area contributed by atoms with Crippen molar-refractivity contribution in [2.75, 3.05) is 49.7 Å². The summed E-state index contributed by atoms with van der Waals surface area (Å²) < 4.78 is 5.50. The number of nitrogens with zero attached hydrogens (tertiary/aromatic N) is 1. The van der Waals surface area contributed by atoms with E-state index in [1.54, 1.807) is 30.3 Å². The maximum atomic E-state index is 12.7. The first kappa shape index (κ1) is 20.4. The predicted octanol–water partition coefficient (Wildman–Crippen LogP) is 2.94. The van der Waals surface area contributed by atoms with Gasteiger partial charge in [-0.15, -0.1) is 11.3 Å². The van der Waals surface area contributed by atoms with E-state index in [0.29, 0.717) is 22.7 Å². The Morgan fingerprint density at radius 2 is 1.90 bits per heavy atom. The largest absolute Gasteiger partial charge is 0.379 e. The van der Waals surface area contributed by atoms with Crippen molar-refractivity contribution in [3.8, 4) is 0 Å². The zero-order valence-corrected chi connectivity index (χ0v) is 17.8. The monoisotopic (exact) mass is 431 g/mol. The summed E-state index contributed by atoms with van der Waals surface area (Å²) in [6, 6.07) is 10.7.